The van der Waals surface area contributed by atoms with Crippen LogP contribution in [0, 0.1) is 5.82 Å². The highest BCUT2D eigenvalue weighted by molar-refractivity contribution is 5.91. The number of anilines is 1. The molecule has 1 aliphatic carbocycles. The highest BCUT2D eigenvalue weighted by atomic mass is 19.1. The summed E-state index contributed by atoms with van der Waals surface area (Å²) in [5.74, 6) is -0.647. The molecule has 2 aromatic rings. The summed E-state index contributed by atoms with van der Waals surface area (Å²) in [6, 6.07) is 14.9. The predicted octanol–water partition coefficient (Wildman–Crippen LogP) is 1.30. The van der Waals surface area contributed by atoms with Crippen molar-refractivity contribution in [3.8, 4) is 0 Å². The fourth-order valence-corrected chi connectivity index (χ4v) is 2.91. The maximum Gasteiger partial charge on any atom is 0.283 e. The Labute approximate surface area is 152 Å². The molecule has 2 atom stereocenters. The molecule has 0 bridgehead atoms. The van der Waals surface area contributed by atoms with Gasteiger partial charge in [0.15, 0.2) is 12.6 Å². The van der Waals surface area contributed by atoms with Crippen LogP contribution in [0.1, 0.15) is 24.4 Å². The van der Waals surface area contributed by atoms with E-state index in [-0.39, 0.29) is 30.2 Å². The molecule has 1 unspecified atom stereocenters. The average molecular weight is 356 g/mol. The van der Waals surface area contributed by atoms with Crippen molar-refractivity contribution in [1.29, 1.82) is 0 Å². The lowest BCUT2D eigenvalue weighted by molar-refractivity contribution is -0.894. The van der Waals surface area contributed by atoms with Gasteiger partial charge in [0.2, 0.25) is 0 Å². The molecule has 6 heteroatoms. The van der Waals surface area contributed by atoms with Crippen LogP contribution in [0.2, 0.25) is 0 Å². The van der Waals surface area contributed by atoms with Crippen LogP contribution in [0.3, 0.4) is 0 Å². The number of hydrogen-bond acceptors (Lipinski definition) is 2. The summed E-state index contributed by atoms with van der Waals surface area (Å²) >= 11 is 0. The van der Waals surface area contributed by atoms with Gasteiger partial charge in [0.25, 0.3) is 11.8 Å². The van der Waals surface area contributed by atoms with Gasteiger partial charge in [0.05, 0.1) is 7.05 Å². The first-order valence-electron chi connectivity index (χ1n) is 8.76. The van der Waals surface area contributed by atoms with Crippen molar-refractivity contribution in [3.63, 3.8) is 0 Å². The van der Waals surface area contributed by atoms with Crippen LogP contribution in [0.25, 0.3) is 0 Å². The van der Waals surface area contributed by atoms with Gasteiger partial charge in [-0.1, -0.05) is 30.3 Å². The molecule has 2 amide bonds. The van der Waals surface area contributed by atoms with Crippen LogP contribution in [-0.4, -0.2) is 31.4 Å². The van der Waals surface area contributed by atoms with Gasteiger partial charge in [-0.3, -0.25) is 9.59 Å². The standard InChI is InChI=1S/C20H22FN3O2/c1-24(13-18(25)22-16-9-7-15(21)8-10-16)19(14-5-3-2-4-6-14)20(26)23-17-11-12-17/h2-10,17,19H,11-13H2,1H3,(H,22,25)(H,23,26)/p+1/t19-/m1/s1. The van der Waals surface area contributed by atoms with Gasteiger partial charge in [0.1, 0.15) is 5.82 Å². The van der Waals surface area contributed by atoms with Crippen molar-refractivity contribution in [1.82, 2.24) is 5.32 Å². The summed E-state index contributed by atoms with van der Waals surface area (Å²) in [6.45, 7) is 0.120. The van der Waals surface area contributed by atoms with E-state index in [1.807, 2.05) is 37.4 Å². The Bertz CT molecular complexity index is 760. The van der Waals surface area contributed by atoms with E-state index in [9.17, 15) is 14.0 Å². The molecule has 3 rings (SSSR count). The molecule has 5 nitrogen and oxygen atoms in total. The van der Waals surface area contributed by atoms with E-state index in [0.717, 1.165) is 23.3 Å². The molecule has 136 valence electrons. The fourth-order valence-electron chi connectivity index (χ4n) is 2.91. The molecule has 0 aliphatic heterocycles. The van der Waals surface area contributed by atoms with Crippen molar-refractivity contribution in [2.45, 2.75) is 24.9 Å². The van der Waals surface area contributed by atoms with E-state index in [0.29, 0.717) is 5.69 Å². The van der Waals surface area contributed by atoms with Gasteiger partial charge in [-0.15, -0.1) is 0 Å². The van der Waals surface area contributed by atoms with Crippen LogP contribution in [0.5, 0.6) is 0 Å². The second-order valence-electron chi connectivity index (χ2n) is 6.70. The summed E-state index contributed by atoms with van der Waals surface area (Å²) in [6.07, 6.45) is 2.02. The van der Waals surface area contributed by atoms with E-state index < -0.39 is 6.04 Å². The maximum atomic E-state index is 13.0. The Morgan fingerprint density at radius 2 is 1.77 bits per heavy atom. The maximum absolute atomic E-state index is 13.0. The first kappa shape index (κ1) is 18.1. The number of likely N-dealkylation sites (N-methyl/N-ethyl adjacent to an activating group) is 1. The summed E-state index contributed by atoms with van der Waals surface area (Å²) in [4.78, 5) is 25.8. The van der Waals surface area contributed by atoms with Gasteiger partial charge >= 0.3 is 0 Å². The Morgan fingerprint density at radius 3 is 2.38 bits per heavy atom. The minimum atomic E-state index is -0.462. The van der Waals surface area contributed by atoms with Crippen molar-refractivity contribution < 1.29 is 18.9 Å². The van der Waals surface area contributed by atoms with E-state index in [1.54, 1.807) is 0 Å². The van der Waals surface area contributed by atoms with Crippen molar-refractivity contribution >= 4 is 17.5 Å². The van der Waals surface area contributed by atoms with Crippen LogP contribution in [0.15, 0.2) is 54.6 Å². The van der Waals surface area contributed by atoms with E-state index in [4.69, 9.17) is 0 Å². The van der Waals surface area contributed by atoms with Gasteiger partial charge in [0, 0.05) is 17.3 Å². The lowest BCUT2D eigenvalue weighted by Crippen LogP contribution is -3.11. The smallest absolute Gasteiger partial charge is 0.283 e. The van der Waals surface area contributed by atoms with Crippen LogP contribution in [0.4, 0.5) is 10.1 Å². The zero-order valence-corrected chi connectivity index (χ0v) is 14.7. The minimum absolute atomic E-state index is 0.0641. The number of hydrogen-bond donors (Lipinski definition) is 3. The SMILES string of the molecule is C[NH+](CC(=O)Nc1ccc(F)cc1)[C@@H](C(=O)NC1CC1)c1ccccc1. The number of rotatable bonds is 7. The molecule has 1 saturated carbocycles. The molecular formula is C20H23FN3O2+. The second kappa shape index (κ2) is 8.10. The van der Waals surface area contributed by atoms with Crippen molar-refractivity contribution in [2.75, 3.05) is 18.9 Å². The molecule has 2 aromatic carbocycles. The third kappa shape index (κ3) is 4.89. The topological polar surface area (TPSA) is 62.6 Å². The number of carbonyl (C=O) groups is 2. The van der Waals surface area contributed by atoms with E-state index in [2.05, 4.69) is 10.6 Å². The van der Waals surface area contributed by atoms with Gasteiger partial charge in [-0.05, 0) is 37.1 Å². The van der Waals surface area contributed by atoms with Crippen LogP contribution >= 0.6 is 0 Å². The number of halogens is 1. The first-order chi connectivity index (χ1) is 12.5. The Balaban J connectivity index is 1.67. The van der Waals surface area contributed by atoms with Crippen molar-refractivity contribution in [2.24, 2.45) is 0 Å². The largest absolute Gasteiger partial charge is 0.348 e. The Kier molecular flexibility index (Phi) is 5.63. The second-order valence-corrected chi connectivity index (χ2v) is 6.70. The molecule has 0 heterocycles. The summed E-state index contributed by atoms with van der Waals surface area (Å²) in [5.41, 5.74) is 1.40. The zero-order valence-electron chi connectivity index (χ0n) is 14.7. The minimum Gasteiger partial charge on any atom is -0.348 e. The quantitative estimate of drug-likeness (QED) is 0.700. The molecule has 1 aliphatic rings. The highest BCUT2D eigenvalue weighted by Crippen LogP contribution is 2.20. The third-order valence-electron chi connectivity index (χ3n) is 4.38. The molecule has 1 fully saturated rings. The number of nitrogens with one attached hydrogen (secondary N) is 3. The molecule has 3 N–H and O–H groups in total. The number of quaternary nitrogens is 1. The Hall–Kier alpha value is -2.73. The summed E-state index contributed by atoms with van der Waals surface area (Å²) < 4.78 is 13.0. The molecule has 0 spiro atoms. The lowest BCUT2D eigenvalue weighted by atomic mass is 10.0. The first-order valence-corrected chi connectivity index (χ1v) is 8.76. The molecule has 0 aromatic heterocycles. The molecule has 0 saturated heterocycles. The molecular weight excluding hydrogens is 333 g/mol. The summed E-state index contributed by atoms with van der Waals surface area (Å²) in [5, 5.41) is 5.77. The van der Waals surface area contributed by atoms with Crippen LogP contribution in [-0.2, 0) is 9.59 Å². The Morgan fingerprint density at radius 1 is 1.12 bits per heavy atom. The average Bonchev–Trinajstić information content (AvgIpc) is 3.42. The van der Waals surface area contributed by atoms with E-state index in [1.165, 1.54) is 24.3 Å². The number of benzene rings is 2. The fraction of sp³-hybridized carbons (Fsp3) is 0.300. The van der Waals surface area contributed by atoms with E-state index >= 15 is 0 Å². The van der Waals surface area contributed by atoms with Gasteiger partial charge in [-0.2, -0.15) is 0 Å². The zero-order chi connectivity index (χ0) is 18.5. The summed E-state index contributed by atoms with van der Waals surface area (Å²) in [7, 11) is 1.83. The lowest BCUT2D eigenvalue weighted by Gasteiger charge is -2.24. The monoisotopic (exact) mass is 356 g/mol. The number of amides is 2. The molecule has 0 radical (unpaired) electrons. The van der Waals surface area contributed by atoms with Gasteiger partial charge < -0.3 is 15.5 Å². The van der Waals surface area contributed by atoms with Gasteiger partial charge in [-0.25, -0.2) is 4.39 Å². The van der Waals surface area contributed by atoms with Crippen molar-refractivity contribution in [3.05, 3.63) is 66.0 Å². The third-order valence-corrected chi connectivity index (χ3v) is 4.38. The van der Waals surface area contributed by atoms with Crippen LogP contribution < -0.4 is 15.5 Å². The normalized spacial score (nSPS) is 15.8. The number of carbonyl (C=O) groups excluding carboxylic acids is 2. The molecule has 26 heavy (non-hydrogen) atoms. The predicted molar refractivity (Wildman–Crippen MR) is 97.1 cm³/mol. The highest BCUT2D eigenvalue weighted by Gasteiger charge is 2.34.